The van der Waals surface area contributed by atoms with Crippen LogP contribution in [-0.2, 0) is 15.7 Å². The van der Waals surface area contributed by atoms with Crippen molar-refractivity contribution in [2.75, 3.05) is 18.4 Å². The molecule has 0 unspecified atom stereocenters. The summed E-state index contributed by atoms with van der Waals surface area (Å²) in [7, 11) is 0. The smallest absolute Gasteiger partial charge is 0.416 e. The van der Waals surface area contributed by atoms with Crippen molar-refractivity contribution in [1.82, 2.24) is 9.88 Å². The van der Waals surface area contributed by atoms with E-state index in [-0.39, 0.29) is 12.4 Å². The van der Waals surface area contributed by atoms with Crippen molar-refractivity contribution < 1.29 is 36.2 Å². The van der Waals surface area contributed by atoms with Crippen LogP contribution in [0.25, 0.3) is 0 Å². The summed E-state index contributed by atoms with van der Waals surface area (Å²) in [5.41, 5.74) is -1.82. The first-order valence-electron chi connectivity index (χ1n) is 8.50. The molecule has 0 spiro atoms. The molecule has 0 bridgehead atoms. The van der Waals surface area contributed by atoms with E-state index in [2.05, 4.69) is 15.0 Å². The van der Waals surface area contributed by atoms with Gasteiger partial charge in [-0.3, -0.25) is 4.90 Å². The number of aromatic nitrogens is 1. The number of anilines is 1. The maximum atomic E-state index is 13.8. The fourth-order valence-corrected chi connectivity index (χ4v) is 2.67. The highest BCUT2D eigenvalue weighted by Crippen LogP contribution is 2.32. The summed E-state index contributed by atoms with van der Waals surface area (Å²) in [6.45, 7) is 4.92. The predicted molar refractivity (Wildman–Crippen MR) is 90.0 cm³/mol. The molecule has 28 heavy (non-hydrogen) atoms. The minimum absolute atomic E-state index is 0.108. The molecule has 2 atom stereocenters. The summed E-state index contributed by atoms with van der Waals surface area (Å²) < 4.78 is 75.8. The highest BCUT2D eigenvalue weighted by Gasteiger charge is 2.48. The maximum absolute atomic E-state index is 13.8. The van der Waals surface area contributed by atoms with Gasteiger partial charge in [0.05, 0.1) is 17.7 Å². The van der Waals surface area contributed by atoms with E-state index >= 15 is 0 Å². The number of morpholine rings is 1. The zero-order chi connectivity index (χ0) is 21.3. The van der Waals surface area contributed by atoms with Crippen molar-refractivity contribution in [3.63, 3.8) is 0 Å². The quantitative estimate of drug-likeness (QED) is 0.758. The van der Waals surface area contributed by atoms with Crippen LogP contribution in [0.15, 0.2) is 18.3 Å². The second-order valence-corrected chi connectivity index (χ2v) is 7.44. The molecule has 1 aliphatic heterocycles. The predicted octanol–water partition coefficient (Wildman–Crippen LogP) is 4.13. The topological polar surface area (TPSA) is 63.7 Å². The van der Waals surface area contributed by atoms with Gasteiger partial charge in [0.25, 0.3) is 0 Å². The SMILES string of the molecule is C[C@@H]1OC(F)(F)CN(C(=O)OC(C)(C)C)[C@@H]1CNc1cc(C(F)(F)F)ccn1. The van der Waals surface area contributed by atoms with Gasteiger partial charge in [-0.15, -0.1) is 0 Å². The van der Waals surface area contributed by atoms with Crippen LogP contribution in [0.5, 0.6) is 0 Å². The van der Waals surface area contributed by atoms with E-state index in [4.69, 9.17) is 4.74 Å². The molecule has 1 N–H and O–H groups in total. The number of hydrogen-bond acceptors (Lipinski definition) is 5. The standard InChI is InChI=1S/C17H22F5N3O3/c1-10-12(8-24-13-7-11(5-6-23-13)17(20,21)22)25(9-16(18,19)27-10)14(26)28-15(2,3)4/h5-7,10,12H,8-9H2,1-4H3,(H,23,24)/t10-,12+/m0/s1. The van der Waals surface area contributed by atoms with E-state index in [9.17, 15) is 26.7 Å². The molecule has 0 aliphatic carbocycles. The number of ether oxygens (including phenoxy) is 2. The minimum atomic E-state index is -4.55. The molecule has 2 heterocycles. The number of halogens is 5. The first-order chi connectivity index (χ1) is 12.7. The van der Waals surface area contributed by atoms with Gasteiger partial charge in [-0.05, 0) is 39.8 Å². The summed E-state index contributed by atoms with van der Waals surface area (Å²) in [6.07, 6.45) is -9.21. The van der Waals surface area contributed by atoms with Gasteiger partial charge in [-0.25, -0.2) is 9.78 Å². The largest absolute Gasteiger partial charge is 0.444 e. The fraction of sp³-hybridized carbons (Fsp3) is 0.647. The van der Waals surface area contributed by atoms with Crippen molar-refractivity contribution >= 4 is 11.9 Å². The Balaban J connectivity index is 2.17. The summed E-state index contributed by atoms with van der Waals surface area (Å²) in [5, 5.41) is 2.65. The van der Waals surface area contributed by atoms with Gasteiger partial charge in [0.2, 0.25) is 0 Å². The number of carbonyl (C=O) groups is 1. The van der Waals surface area contributed by atoms with Crippen molar-refractivity contribution in [2.24, 2.45) is 0 Å². The number of hydrogen-bond donors (Lipinski definition) is 1. The number of amides is 1. The molecule has 11 heteroatoms. The third-order valence-corrected chi connectivity index (χ3v) is 3.86. The monoisotopic (exact) mass is 411 g/mol. The molecule has 6 nitrogen and oxygen atoms in total. The highest BCUT2D eigenvalue weighted by molar-refractivity contribution is 5.69. The highest BCUT2D eigenvalue weighted by atomic mass is 19.4. The second-order valence-electron chi connectivity index (χ2n) is 7.44. The molecule has 1 amide bonds. The molecule has 2 rings (SSSR count). The van der Waals surface area contributed by atoms with Crippen molar-refractivity contribution in [2.45, 2.75) is 57.7 Å². The Morgan fingerprint density at radius 3 is 2.61 bits per heavy atom. The lowest BCUT2D eigenvalue weighted by atomic mass is 10.1. The average molecular weight is 411 g/mol. The van der Waals surface area contributed by atoms with Crippen LogP contribution in [-0.4, -0.2) is 52.9 Å². The maximum Gasteiger partial charge on any atom is 0.416 e. The Morgan fingerprint density at radius 1 is 1.39 bits per heavy atom. The van der Waals surface area contributed by atoms with Crippen molar-refractivity contribution in [3.05, 3.63) is 23.9 Å². The zero-order valence-corrected chi connectivity index (χ0v) is 15.8. The van der Waals surface area contributed by atoms with Crippen molar-refractivity contribution in [1.29, 1.82) is 0 Å². The molecule has 1 aromatic rings. The number of rotatable bonds is 3. The van der Waals surface area contributed by atoms with Crippen LogP contribution < -0.4 is 5.32 Å². The first-order valence-corrected chi connectivity index (χ1v) is 8.50. The Morgan fingerprint density at radius 2 is 2.04 bits per heavy atom. The normalized spacial score (nSPS) is 22.7. The number of nitrogens with one attached hydrogen (secondary N) is 1. The Bertz CT molecular complexity index is 706. The van der Waals surface area contributed by atoms with Gasteiger partial charge in [-0.1, -0.05) is 0 Å². The second kappa shape index (κ2) is 7.69. The third kappa shape index (κ3) is 5.91. The molecule has 0 saturated carbocycles. The van der Waals surface area contributed by atoms with Crippen LogP contribution in [0.2, 0.25) is 0 Å². The molecule has 1 aliphatic rings. The third-order valence-electron chi connectivity index (χ3n) is 3.86. The summed E-state index contributed by atoms with van der Waals surface area (Å²) in [6, 6.07) is 0.692. The number of nitrogens with zero attached hydrogens (tertiary/aromatic N) is 2. The lowest BCUT2D eigenvalue weighted by Crippen LogP contribution is -2.61. The van der Waals surface area contributed by atoms with Crippen LogP contribution in [0.1, 0.15) is 33.3 Å². The van der Waals surface area contributed by atoms with E-state index in [0.29, 0.717) is 0 Å². The zero-order valence-electron chi connectivity index (χ0n) is 15.8. The molecule has 1 aromatic heterocycles. The Hall–Kier alpha value is -2.17. The average Bonchev–Trinajstić information content (AvgIpc) is 2.50. The molecule has 0 aromatic carbocycles. The summed E-state index contributed by atoms with van der Waals surface area (Å²) in [5.74, 6) is -0.108. The van der Waals surface area contributed by atoms with E-state index in [0.717, 1.165) is 23.2 Å². The van der Waals surface area contributed by atoms with E-state index < -0.39 is 48.2 Å². The fourth-order valence-electron chi connectivity index (χ4n) is 2.67. The van der Waals surface area contributed by atoms with Gasteiger partial charge in [0, 0.05) is 12.7 Å². The summed E-state index contributed by atoms with van der Waals surface area (Å²) in [4.78, 5) is 17.0. The van der Waals surface area contributed by atoms with E-state index in [1.807, 2.05) is 0 Å². The number of carbonyl (C=O) groups excluding carboxylic acids is 1. The molecular formula is C17H22F5N3O3. The molecule has 1 saturated heterocycles. The van der Waals surface area contributed by atoms with Gasteiger partial charge < -0.3 is 14.8 Å². The van der Waals surface area contributed by atoms with Crippen LogP contribution in [0.3, 0.4) is 0 Å². The molecule has 158 valence electrons. The lowest BCUT2D eigenvalue weighted by Gasteiger charge is -2.43. The minimum Gasteiger partial charge on any atom is -0.444 e. The number of alkyl halides is 5. The van der Waals surface area contributed by atoms with Gasteiger partial charge in [0.15, 0.2) is 0 Å². The molecule has 0 radical (unpaired) electrons. The summed E-state index contributed by atoms with van der Waals surface area (Å²) >= 11 is 0. The first kappa shape index (κ1) is 22.1. The van der Waals surface area contributed by atoms with Gasteiger partial charge >= 0.3 is 18.4 Å². The molecule has 1 fully saturated rings. The Labute approximate surface area is 159 Å². The van der Waals surface area contributed by atoms with Crippen molar-refractivity contribution in [3.8, 4) is 0 Å². The van der Waals surface area contributed by atoms with Gasteiger partial charge in [0.1, 0.15) is 18.0 Å². The van der Waals surface area contributed by atoms with Crippen LogP contribution in [0, 0.1) is 0 Å². The molecular weight excluding hydrogens is 389 g/mol. The Kier molecular flexibility index (Phi) is 6.07. The van der Waals surface area contributed by atoms with Crippen LogP contribution in [0.4, 0.5) is 32.6 Å². The lowest BCUT2D eigenvalue weighted by molar-refractivity contribution is -0.300. The van der Waals surface area contributed by atoms with E-state index in [1.165, 1.54) is 6.92 Å². The van der Waals surface area contributed by atoms with Crippen LogP contribution >= 0.6 is 0 Å². The van der Waals surface area contributed by atoms with Gasteiger partial charge in [-0.2, -0.15) is 22.0 Å². The number of pyridine rings is 1. The van der Waals surface area contributed by atoms with E-state index in [1.54, 1.807) is 20.8 Å².